The molecule has 1 N–H and O–H groups in total. The highest BCUT2D eigenvalue weighted by Crippen LogP contribution is 2.40. The third kappa shape index (κ3) is 2.87. The Hall–Kier alpha value is -1.60. The predicted octanol–water partition coefficient (Wildman–Crippen LogP) is 4.36. The zero-order chi connectivity index (χ0) is 13.3. The van der Waals surface area contributed by atoms with Crippen molar-refractivity contribution in [3.05, 3.63) is 60.2 Å². The molecule has 0 saturated heterocycles. The highest BCUT2D eigenvalue weighted by molar-refractivity contribution is 5.63. The Morgan fingerprint density at radius 3 is 2.11 bits per heavy atom. The summed E-state index contributed by atoms with van der Waals surface area (Å²) in [6.45, 7) is 1.93. The Kier molecular flexibility index (Phi) is 3.16. The summed E-state index contributed by atoms with van der Waals surface area (Å²) in [6, 6.07) is 18.7. The average Bonchev–Trinajstić information content (AvgIpc) is 3.23. The van der Waals surface area contributed by atoms with Gasteiger partial charge in [0.15, 0.2) is 0 Å². The maximum absolute atomic E-state index is 10.6. The van der Waals surface area contributed by atoms with Crippen molar-refractivity contribution < 1.29 is 5.11 Å². The van der Waals surface area contributed by atoms with E-state index in [0.29, 0.717) is 0 Å². The van der Waals surface area contributed by atoms with Gasteiger partial charge in [0.2, 0.25) is 0 Å². The highest BCUT2D eigenvalue weighted by atomic mass is 16.3. The van der Waals surface area contributed by atoms with E-state index in [1.165, 1.54) is 24.0 Å². The molecule has 1 nitrogen and oxygen atoms in total. The zero-order valence-electron chi connectivity index (χ0n) is 11.3. The predicted molar refractivity (Wildman–Crippen MR) is 78.8 cm³/mol. The molecule has 3 rings (SSSR count). The molecule has 1 heteroatoms. The number of hydrogen-bond donors (Lipinski definition) is 1. The molecule has 0 heterocycles. The van der Waals surface area contributed by atoms with Crippen LogP contribution >= 0.6 is 0 Å². The number of aliphatic hydroxyl groups is 1. The second-order valence-corrected chi connectivity index (χ2v) is 5.86. The van der Waals surface area contributed by atoms with Crippen LogP contribution in [0.4, 0.5) is 0 Å². The van der Waals surface area contributed by atoms with E-state index in [9.17, 15) is 5.11 Å². The van der Waals surface area contributed by atoms with Crippen LogP contribution in [-0.2, 0) is 5.60 Å². The Morgan fingerprint density at radius 1 is 0.947 bits per heavy atom. The molecule has 1 unspecified atom stereocenters. The van der Waals surface area contributed by atoms with E-state index in [1.54, 1.807) is 0 Å². The lowest BCUT2D eigenvalue weighted by atomic mass is 9.89. The lowest BCUT2D eigenvalue weighted by Crippen LogP contribution is -2.21. The summed E-state index contributed by atoms with van der Waals surface area (Å²) in [7, 11) is 0. The van der Waals surface area contributed by atoms with Gasteiger partial charge in [-0.05, 0) is 36.0 Å². The molecule has 0 amide bonds. The molecule has 98 valence electrons. The van der Waals surface area contributed by atoms with E-state index in [0.717, 1.165) is 17.9 Å². The van der Waals surface area contributed by atoms with Crippen molar-refractivity contribution in [2.45, 2.75) is 31.8 Å². The van der Waals surface area contributed by atoms with Crippen LogP contribution in [0.1, 0.15) is 31.7 Å². The van der Waals surface area contributed by atoms with Crippen molar-refractivity contribution in [1.82, 2.24) is 0 Å². The molecule has 0 spiro atoms. The Bertz CT molecular complexity index is 536. The maximum atomic E-state index is 10.6. The van der Waals surface area contributed by atoms with Crippen molar-refractivity contribution in [3.8, 4) is 11.1 Å². The summed E-state index contributed by atoms with van der Waals surface area (Å²) in [5.74, 6) is 0.726. The zero-order valence-corrected chi connectivity index (χ0v) is 11.3. The van der Waals surface area contributed by atoms with Crippen LogP contribution in [0.3, 0.4) is 0 Å². The van der Waals surface area contributed by atoms with E-state index in [4.69, 9.17) is 0 Å². The van der Waals surface area contributed by atoms with Crippen LogP contribution in [0.2, 0.25) is 0 Å². The molecule has 1 fully saturated rings. The molecule has 1 atom stereocenters. The van der Waals surface area contributed by atoms with Crippen molar-refractivity contribution in [2.75, 3.05) is 0 Å². The first kappa shape index (κ1) is 12.4. The summed E-state index contributed by atoms with van der Waals surface area (Å²) in [6.07, 6.45) is 3.44. The van der Waals surface area contributed by atoms with Gasteiger partial charge in [-0.25, -0.2) is 0 Å². The van der Waals surface area contributed by atoms with Gasteiger partial charge in [0.05, 0.1) is 5.60 Å². The Morgan fingerprint density at radius 2 is 1.53 bits per heavy atom. The van der Waals surface area contributed by atoms with Gasteiger partial charge in [-0.2, -0.15) is 0 Å². The van der Waals surface area contributed by atoms with Crippen LogP contribution in [0.25, 0.3) is 11.1 Å². The van der Waals surface area contributed by atoms with Gasteiger partial charge >= 0.3 is 0 Å². The van der Waals surface area contributed by atoms with Gasteiger partial charge in [0, 0.05) is 0 Å². The normalized spacial score (nSPS) is 18.0. The van der Waals surface area contributed by atoms with Crippen LogP contribution in [0, 0.1) is 5.92 Å². The quantitative estimate of drug-likeness (QED) is 0.857. The molecular formula is C18H20O. The number of rotatable bonds is 4. The van der Waals surface area contributed by atoms with E-state index in [-0.39, 0.29) is 0 Å². The fraction of sp³-hybridized carbons (Fsp3) is 0.333. The van der Waals surface area contributed by atoms with Gasteiger partial charge in [-0.15, -0.1) is 0 Å². The van der Waals surface area contributed by atoms with Gasteiger partial charge < -0.3 is 5.11 Å². The van der Waals surface area contributed by atoms with E-state index < -0.39 is 5.60 Å². The standard InChI is InChI=1S/C18H20O/c1-18(19,13-14-7-8-14)17-11-9-16(10-12-17)15-5-3-2-4-6-15/h2-6,9-12,14,19H,7-8,13H2,1H3. The molecule has 19 heavy (non-hydrogen) atoms. The first-order valence-corrected chi connectivity index (χ1v) is 7.03. The molecular weight excluding hydrogens is 232 g/mol. The molecule has 1 saturated carbocycles. The maximum Gasteiger partial charge on any atom is 0.0871 e. The van der Waals surface area contributed by atoms with E-state index >= 15 is 0 Å². The summed E-state index contributed by atoms with van der Waals surface area (Å²) in [5.41, 5.74) is 2.76. The van der Waals surface area contributed by atoms with Gasteiger partial charge in [0.25, 0.3) is 0 Å². The molecule has 0 bridgehead atoms. The molecule has 0 aliphatic heterocycles. The monoisotopic (exact) mass is 252 g/mol. The largest absolute Gasteiger partial charge is 0.385 e. The SMILES string of the molecule is CC(O)(CC1CC1)c1ccc(-c2ccccc2)cc1. The second kappa shape index (κ2) is 4.82. The first-order chi connectivity index (χ1) is 9.15. The third-order valence-corrected chi connectivity index (χ3v) is 4.00. The summed E-state index contributed by atoms with van der Waals surface area (Å²) >= 11 is 0. The van der Waals surface area contributed by atoms with E-state index in [1.807, 2.05) is 25.1 Å². The van der Waals surface area contributed by atoms with Gasteiger partial charge in [0.1, 0.15) is 0 Å². The molecule has 0 radical (unpaired) electrons. The van der Waals surface area contributed by atoms with Crippen LogP contribution in [0.5, 0.6) is 0 Å². The van der Waals surface area contributed by atoms with Crippen molar-refractivity contribution in [2.24, 2.45) is 5.92 Å². The van der Waals surface area contributed by atoms with Crippen LogP contribution in [-0.4, -0.2) is 5.11 Å². The summed E-state index contributed by atoms with van der Waals surface area (Å²) < 4.78 is 0. The van der Waals surface area contributed by atoms with Gasteiger partial charge in [-0.1, -0.05) is 67.4 Å². The minimum absolute atomic E-state index is 0.684. The highest BCUT2D eigenvalue weighted by Gasteiger charge is 2.32. The molecule has 2 aromatic carbocycles. The molecule has 0 aromatic heterocycles. The van der Waals surface area contributed by atoms with Crippen molar-refractivity contribution in [3.63, 3.8) is 0 Å². The molecule has 1 aliphatic carbocycles. The summed E-state index contributed by atoms with van der Waals surface area (Å²) in [5, 5.41) is 10.6. The lowest BCUT2D eigenvalue weighted by molar-refractivity contribution is 0.0418. The number of benzene rings is 2. The topological polar surface area (TPSA) is 20.2 Å². The smallest absolute Gasteiger partial charge is 0.0871 e. The Labute approximate surface area is 114 Å². The average molecular weight is 252 g/mol. The Balaban J connectivity index is 1.82. The van der Waals surface area contributed by atoms with E-state index in [2.05, 4.69) is 36.4 Å². The summed E-state index contributed by atoms with van der Waals surface area (Å²) in [4.78, 5) is 0. The minimum atomic E-state index is -0.684. The fourth-order valence-electron chi connectivity index (χ4n) is 2.65. The fourth-order valence-corrected chi connectivity index (χ4v) is 2.65. The number of hydrogen-bond acceptors (Lipinski definition) is 1. The van der Waals surface area contributed by atoms with Crippen molar-refractivity contribution in [1.29, 1.82) is 0 Å². The van der Waals surface area contributed by atoms with Crippen molar-refractivity contribution >= 4 is 0 Å². The lowest BCUT2D eigenvalue weighted by Gasteiger charge is -2.24. The van der Waals surface area contributed by atoms with Crippen LogP contribution in [0.15, 0.2) is 54.6 Å². The first-order valence-electron chi connectivity index (χ1n) is 7.03. The second-order valence-electron chi connectivity index (χ2n) is 5.86. The molecule has 2 aromatic rings. The third-order valence-electron chi connectivity index (χ3n) is 4.00. The molecule has 1 aliphatic rings. The van der Waals surface area contributed by atoms with Gasteiger partial charge in [-0.3, -0.25) is 0 Å². The minimum Gasteiger partial charge on any atom is -0.385 e. The van der Waals surface area contributed by atoms with Crippen LogP contribution < -0.4 is 0 Å².